The van der Waals surface area contributed by atoms with Crippen LogP contribution in [0.3, 0.4) is 0 Å². The number of rotatable bonds is 3. The normalized spacial score (nSPS) is 10.8. The fourth-order valence-corrected chi connectivity index (χ4v) is 2.87. The number of aromatic nitrogens is 4. The van der Waals surface area contributed by atoms with Crippen molar-refractivity contribution < 1.29 is 4.52 Å². The molecule has 0 aliphatic rings. The van der Waals surface area contributed by atoms with Gasteiger partial charge in [-0.3, -0.25) is 4.98 Å². The number of nitrogens with zero attached hydrogens (tertiary/aromatic N) is 4. The van der Waals surface area contributed by atoms with Gasteiger partial charge < -0.3 is 9.84 Å². The first-order valence-electron chi connectivity index (χ1n) is 5.78. The third kappa shape index (κ3) is 2.32. The Kier molecular flexibility index (Phi) is 3.49. The molecule has 0 amide bonds. The second-order valence-corrected chi connectivity index (χ2v) is 5.73. The molecule has 3 rings (SSSR count). The van der Waals surface area contributed by atoms with Crippen molar-refractivity contribution in [1.82, 2.24) is 19.5 Å². The number of aryl methyl sites for hydroxylation is 1. The Labute approximate surface area is 127 Å². The van der Waals surface area contributed by atoms with E-state index in [0.717, 1.165) is 26.3 Å². The summed E-state index contributed by atoms with van der Waals surface area (Å²) in [5.74, 6) is 0.956. The lowest BCUT2D eigenvalue weighted by Gasteiger charge is -1.96. The zero-order valence-electron chi connectivity index (χ0n) is 10.7. The lowest BCUT2D eigenvalue weighted by Crippen LogP contribution is -1.89. The van der Waals surface area contributed by atoms with Crippen LogP contribution in [0.5, 0.6) is 0 Å². The lowest BCUT2D eigenvalue weighted by atomic mass is 10.2. The molecule has 3 heterocycles. The van der Waals surface area contributed by atoms with E-state index in [1.165, 1.54) is 11.5 Å². The van der Waals surface area contributed by atoms with Crippen molar-refractivity contribution in [2.45, 2.75) is 6.92 Å². The molecule has 6 nitrogen and oxygen atoms in total. The average Bonchev–Trinajstić information content (AvgIpc) is 3.04. The van der Waals surface area contributed by atoms with Gasteiger partial charge in [-0.15, -0.1) is 0 Å². The fraction of sp³-hybridized carbons (Fsp3) is 0.167. The minimum Gasteiger partial charge on any atom is -0.378 e. The molecule has 0 fully saturated rings. The highest BCUT2D eigenvalue weighted by atomic mass is 79.9. The van der Waals surface area contributed by atoms with Crippen molar-refractivity contribution in [3.63, 3.8) is 0 Å². The van der Waals surface area contributed by atoms with Crippen LogP contribution in [-0.4, -0.2) is 26.5 Å². The average molecular weight is 352 g/mol. The smallest absolute Gasteiger partial charge is 0.263 e. The first kappa shape index (κ1) is 13.2. The fourth-order valence-electron chi connectivity index (χ4n) is 1.77. The lowest BCUT2D eigenvalue weighted by molar-refractivity contribution is 0.432. The van der Waals surface area contributed by atoms with Crippen molar-refractivity contribution in [2.75, 3.05) is 12.4 Å². The summed E-state index contributed by atoms with van der Waals surface area (Å²) in [5, 5.41) is 7.99. The molecular weight excluding hydrogens is 342 g/mol. The van der Waals surface area contributed by atoms with Crippen LogP contribution in [0.2, 0.25) is 0 Å². The molecule has 0 unspecified atom stereocenters. The maximum atomic E-state index is 5.35. The largest absolute Gasteiger partial charge is 0.378 e. The maximum absolute atomic E-state index is 5.35. The Morgan fingerprint density at radius 1 is 1.35 bits per heavy atom. The predicted octanol–water partition coefficient (Wildman–Crippen LogP) is 3.37. The highest BCUT2D eigenvalue weighted by Gasteiger charge is 2.19. The first-order valence-corrected chi connectivity index (χ1v) is 7.34. The standard InChI is InChI=1S/C12H10BrN5OS/c1-6-9(12(14-2)20-18-6)11-16-10(17-19-11)7-3-8(13)5-15-4-7/h3-5,14H,1-2H3. The summed E-state index contributed by atoms with van der Waals surface area (Å²) in [5.41, 5.74) is 2.50. The van der Waals surface area contributed by atoms with Gasteiger partial charge in [0, 0.05) is 29.5 Å². The van der Waals surface area contributed by atoms with Gasteiger partial charge in [-0.1, -0.05) is 5.16 Å². The van der Waals surface area contributed by atoms with Crippen LogP contribution in [0.4, 0.5) is 5.00 Å². The van der Waals surface area contributed by atoms with Gasteiger partial charge >= 0.3 is 0 Å². The molecule has 20 heavy (non-hydrogen) atoms. The van der Waals surface area contributed by atoms with Gasteiger partial charge in [0.2, 0.25) is 5.82 Å². The number of anilines is 1. The van der Waals surface area contributed by atoms with Crippen molar-refractivity contribution in [3.05, 3.63) is 28.6 Å². The number of hydrogen-bond acceptors (Lipinski definition) is 7. The van der Waals surface area contributed by atoms with E-state index in [0.29, 0.717) is 11.7 Å². The van der Waals surface area contributed by atoms with E-state index >= 15 is 0 Å². The highest BCUT2D eigenvalue weighted by molar-refractivity contribution is 9.10. The molecule has 0 saturated carbocycles. The summed E-state index contributed by atoms with van der Waals surface area (Å²) >= 11 is 4.74. The summed E-state index contributed by atoms with van der Waals surface area (Å²) < 4.78 is 10.5. The van der Waals surface area contributed by atoms with Crippen LogP contribution < -0.4 is 5.32 Å². The van der Waals surface area contributed by atoms with E-state index in [4.69, 9.17) is 4.52 Å². The van der Waals surface area contributed by atoms with Gasteiger partial charge in [0.05, 0.1) is 11.3 Å². The topological polar surface area (TPSA) is 76.7 Å². The Bertz CT molecular complexity index is 754. The molecule has 0 radical (unpaired) electrons. The van der Waals surface area contributed by atoms with Gasteiger partial charge in [-0.2, -0.15) is 9.36 Å². The van der Waals surface area contributed by atoms with Crippen LogP contribution in [0.1, 0.15) is 5.69 Å². The molecule has 0 saturated heterocycles. The van der Waals surface area contributed by atoms with Crippen molar-refractivity contribution in [3.8, 4) is 22.8 Å². The van der Waals surface area contributed by atoms with Crippen LogP contribution in [0.15, 0.2) is 27.5 Å². The third-order valence-electron chi connectivity index (χ3n) is 2.69. The zero-order chi connectivity index (χ0) is 14.1. The minimum absolute atomic E-state index is 0.454. The molecule has 0 atom stereocenters. The van der Waals surface area contributed by atoms with Gasteiger partial charge in [0.1, 0.15) is 5.00 Å². The summed E-state index contributed by atoms with van der Waals surface area (Å²) in [6, 6.07) is 1.89. The van der Waals surface area contributed by atoms with Crippen LogP contribution in [0, 0.1) is 6.92 Å². The SMILES string of the molecule is CNc1snc(C)c1-c1nc(-c2cncc(Br)c2)no1. The number of halogens is 1. The van der Waals surface area contributed by atoms with E-state index in [-0.39, 0.29) is 0 Å². The van der Waals surface area contributed by atoms with E-state index in [2.05, 4.69) is 40.7 Å². The van der Waals surface area contributed by atoms with Gasteiger partial charge in [-0.05, 0) is 40.5 Å². The summed E-state index contributed by atoms with van der Waals surface area (Å²) in [4.78, 5) is 8.51. The Morgan fingerprint density at radius 2 is 2.20 bits per heavy atom. The maximum Gasteiger partial charge on any atom is 0.263 e. The Balaban J connectivity index is 2.04. The quantitative estimate of drug-likeness (QED) is 0.779. The molecule has 1 N–H and O–H groups in total. The van der Waals surface area contributed by atoms with Crippen LogP contribution in [-0.2, 0) is 0 Å². The van der Waals surface area contributed by atoms with Gasteiger partial charge in [0.15, 0.2) is 0 Å². The summed E-state index contributed by atoms with van der Waals surface area (Å²) in [6.07, 6.45) is 3.40. The van der Waals surface area contributed by atoms with Crippen LogP contribution >= 0.6 is 27.5 Å². The minimum atomic E-state index is 0.454. The molecule has 102 valence electrons. The molecule has 8 heteroatoms. The molecule has 3 aromatic rings. The van der Waals surface area contributed by atoms with Crippen molar-refractivity contribution >= 4 is 32.5 Å². The number of nitrogens with one attached hydrogen (secondary N) is 1. The summed E-state index contributed by atoms with van der Waals surface area (Å²) in [6.45, 7) is 1.91. The number of hydrogen-bond donors (Lipinski definition) is 1. The molecule has 0 spiro atoms. The zero-order valence-corrected chi connectivity index (χ0v) is 13.1. The van der Waals surface area contributed by atoms with Crippen LogP contribution in [0.25, 0.3) is 22.8 Å². The Hall–Kier alpha value is -1.80. The van der Waals surface area contributed by atoms with Crippen molar-refractivity contribution in [1.29, 1.82) is 0 Å². The molecule has 0 aliphatic carbocycles. The molecule has 0 aromatic carbocycles. The first-order chi connectivity index (χ1) is 9.69. The molecular formula is C12H10BrN5OS. The molecule has 0 aliphatic heterocycles. The predicted molar refractivity (Wildman–Crippen MR) is 80.6 cm³/mol. The third-order valence-corrected chi connectivity index (χ3v) is 4.08. The van der Waals surface area contributed by atoms with E-state index in [1.54, 1.807) is 12.4 Å². The second kappa shape index (κ2) is 5.29. The van der Waals surface area contributed by atoms with E-state index < -0.39 is 0 Å². The summed E-state index contributed by atoms with van der Waals surface area (Å²) in [7, 11) is 1.84. The van der Waals surface area contributed by atoms with Crippen molar-refractivity contribution in [2.24, 2.45) is 0 Å². The number of pyridine rings is 1. The van der Waals surface area contributed by atoms with E-state index in [9.17, 15) is 0 Å². The van der Waals surface area contributed by atoms with Gasteiger partial charge in [-0.25, -0.2) is 0 Å². The monoisotopic (exact) mass is 351 g/mol. The molecule has 0 bridgehead atoms. The second-order valence-electron chi connectivity index (χ2n) is 4.04. The molecule has 3 aromatic heterocycles. The highest BCUT2D eigenvalue weighted by Crippen LogP contribution is 2.34. The Morgan fingerprint density at radius 3 is 2.95 bits per heavy atom. The van der Waals surface area contributed by atoms with Gasteiger partial charge in [0.25, 0.3) is 5.89 Å². The van der Waals surface area contributed by atoms with E-state index in [1.807, 2.05) is 20.0 Å².